The van der Waals surface area contributed by atoms with Crippen molar-refractivity contribution in [2.45, 2.75) is 40.0 Å². The van der Waals surface area contributed by atoms with Gasteiger partial charge in [-0.05, 0) is 40.0 Å². The SMILES string of the molecule is C=C(C)CCOCCCC(C)(C)C#N. The first-order valence-electron chi connectivity index (χ1n) is 5.11. The molecule has 0 fully saturated rings. The average molecular weight is 195 g/mol. The summed E-state index contributed by atoms with van der Waals surface area (Å²) < 4.78 is 5.41. The van der Waals surface area contributed by atoms with Crippen LogP contribution in [0, 0.1) is 16.7 Å². The van der Waals surface area contributed by atoms with E-state index in [1.807, 2.05) is 20.8 Å². The van der Waals surface area contributed by atoms with Crippen LogP contribution in [0.3, 0.4) is 0 Å². The van der Waals surface area contributed by atoms with Gasteiger partial charge in [0.15, 0.2) is 0 Å². The maximum absolute atomic E-state index is 8.77. The van der Waals surface area contributed by atoms with Crippen LogP contribution in [0.5, 0.6) is 0 Å². The molecule has 0 N–H and O–H groups in total. The lowest BCUT2D eigenvalue weighted by Gasteiger charge is -2.14. The highest BCUT2D eigenvalue weighted by Gasteiger charge is 2.15. The second kappa shape index (κ2) is 6.62. The summed E-state index contributed by atoms with van der Waals surface area (Å²) in [6, 6.07) is 2.28. The quantitative estimate of drug-likeness (QED) is 0.461. The molecule has 0 aromatic rings. The van der Waals surface area contributed by atoms with Crippen LogP contribution in [0.25, 0.3) is 0 Å². The molecule has 0 radical (unpaired) electrons. The van der Waals surface area contributed by atoms with Crippen molar-refractivity contribution < 1.29 is 4.74 Å². The van der Waals surface area contributed by atoms with E-state index in [0.29, 0.717) is 0 Å². The lowest BCUT2D eigenvalue weighted by Crippen LogP contribution is -2.09. The standard InChI is InChI=1S/C12H21NO/c1-11(2)6-9-14-8-5-7-12(3,4)10-13/h1,5-9H2,2-4H3. The van der Waals surface area contributed by atoms with Gasteiger partial charge < -0.3 is 4.74 Å². The monoisotopic (exact) mass is 195 g/mol. The van der Waals surface area contributed by atoms with E-state index in [9.17, 15) is 0 Å². The Morgan fingerprint density at radius 3 is 2.57 bits per heavy atom. The third-order valence-electron chi connectivity index (χ3n) is 2.07. The summed E-state index contributed by atoms with van der Waals surface area (Å²) in [5, 5.41) is 8.77. The van der Waals surface area contributed by atoms with Crippen LogP contribution in [0.15, 0.2) is 12.2 Å². The first kappa shape index (κ1) is 13.2. The summed E-state index contributed by atoms with van der Waals surface area (Å²) >= 11 is 0. The average Bonchev–Trinajstić information content (AvgIpc) is 2.10. The number of nitriles is 1. The fraction of sp³-hybridized carbons (Fsp3) is 0.750. The minimum Gasteiger partial charge on any atom is -0.381 e. The number of rotatable bonds is 7. The number of ether oxygens (including phenoxy) is 1. The van der Waals surface area contributed by atoms with Crippen molar-refractivity contribution in [2.24, 2.45) is 5.41 Å². The van der Waals surface area contributed by atoms with Gasteiger partial charge in [-0.25, -0.2) is 0 Å². The van der Waals surface area contributed by atoms with Crippen molar-refractivity contribution in [1.82, 2.24) is 0 Å². The largest absolute Gasteiger partial charge is 0.381 e. The minimum atomic E-state index is -0.211. The molecule has 0 rings (SSSR count). The van der Waals surface area contributed by atoms with Crippen molar-refractivity contribution in [3.63, 3.8) is 0 Å². The molecule has 0 amide bonds. The van der Waals surface area contributed by atoms with Crippen LogP contribution in [0.4, 0.5) is 0 Å². The predicted molar refractivity (Wildman–Crippen MR) is 58.9 cm³/mol. The molecular weight excluding hydrogens is 174 g/mol. The van der Waals surface area contributed by atoms with Gasteiger partial charge in [0.2, 0.25) is 0 Å². The molecule has 0 saturated heterocycles. The van der Waals surface area contributed by atoms with Gasteiger partial charge in [0.1, 0.15) is 0 Å². The van der Waals surface area contributed by atoms with Gasteiger partial charge in [0.05, 0.1) is 18.1 Å². The molecule has 2 nitrogen and oxygen atoms in total. The van der Waals surface area contributed by atoms with E-state index in [1.165, 1.54) is 0 Å². The first-order valence-corrected chi connectivity index (χ1v) is 5.11. The van der Waals surface area contributed by atoms with E-state index in [-0.39, 0.29) is 5.41 Å². The Bertz CT molecular complexity index is 213. The van der Waals surface area contributed by atoms with Gasteiger partial charge in [0.25, 0.3) is 0 Å². The maximum Gasteiger partial charge on any atom is 0.0683 e. The minimum absolute atomic E-state index is 0.211. The van der Waals surface area contributed by atoms with E-state index in [4.69, 9.17) is 10.00 Å². The summed E-state index contributed by atoms with van der Waals surface area (Å²) in [6.07, 6.45) is 2.79. The predicted octanol–water partition coefficient (Wildman–Crippen LogP) is 3.30. The van der Waals surface area contributed by atoms with Crippen LogP contribution in [-0.4, -0.2) is 13.2 Å². The molecule has 0 heterocycles. The Balaban J connectivity index is 3.31. The lowest BCUT2D eigenvalue weighted by molar-refractivity contribution is 0.128. The zero-order valence-electron chi connectivity index (χ0n) is 9.60. The Morgan fingerprint density at radius 1 is 1.43 bits per heavy atom. The molecule has 0 saturated carbocycles. The fourth-order valence-electron chi connectivity index (χ4n) is 1.02. The lowest BCUT2D eigenvalue weighted by atomic mass is 9.90. The Morgan fingerprint density at radius 2 is 2.07 bits per heavy atom. The third-order valence-corrected chi connectivity index (χ3v) is 2.07. The molecule has 0 atom stereocenters. The summed E-state index contributed by atoms with van der Waals surface area (Å²) in [5.74, 6) is 0. The van der Waals surface area contributed by atoms with Crippen LogP contribution in [-0.2, 0) is 4.74 Å². The third kappa shape index (κ3) is 7.82. The van der Waals surface area contributed by atoms with Crippen LogP contribution in [0.1, 0.15) is 40.0 Å². The highest BCUT2D eigenvalue weighted by Crippen LogP contribution is 2.20. The topological polar surface area (TPSA) is 33.0 Å². The number of nitrogens with zero attached hydrogens (tertiary/aromatic N) is 1. The molecule has 0 aliphatic rings. The van der Waals surface area contributed by atoms with Gasteiger partial charge in [-0.2, -0.15) is 5.26 Å². The molecule has 0 aromatic carbocycles. The second-order valence-corrected chi connectivity index (χ2v) is 4.42. The molecular formula is C12H21NO. The molecule has 0 aliphatic carbocycles. The molecule has 14 heavy (non-hydrogen) atoms. The van der Waals surface area contributed by atoms with Gasteiger partial charge in [-0.15, -0.1) is 6.58 Å². The Labute approximate surface area is 87.6 Å². The molecule has 0 aromatic heterocycles. The van der Waals surface area contributed by atoms with Crippen molar-refractivity contribution in [3.05, 3.63) is 12.2 Å². The Hall–Kier alpha value is -0.810. The first-order chi connectivity index (χ1) is 6.48. The van der Waals surface area contributed by atoms with Gasteiger partial charge >= 0.3 is 0 Å². The van der Waals surface area contributed by atoms with Gasteiger partial charge in [-0.3, -0.25) is 0 Å². The van der Waals surface area contributed by atoms with Crippen LogP contribution >= 0.6 is 0 Å². The number of hydrogen-bond acceptors (Lipinski definition) is 2. The van der Waals surface area contributed by atoms with Crippen molar-refractivity contribution in [3.8, 4) is 6.07 Å². The normalized spacial score (nSPS) is 11.0. The molecule has 0 bridgehead atoms. The summed E-state index contributed by atoms with van der Waals surface area (Å²) in [4.78, 5) is 0. The van der Waals surface area contributed by atoms with Crippen molar-refractivity contribution in [1.29, 1.82) is 5.26 Å². The zero-order valence-corrected chi connectivity index (χ0v) is 9.60. The summed E-state index contributed by atoms with van der Waals surface area (Å²) in [7, 11) is 0. The van der Waals surface area contributed by atoms with E-state index in [2.05, 4.69) is 12.6 Å². The molecule has 0 aliphatic heterocycles. The number of hydrogen-bond donors (Lipinski definition) is 0. The smallest absolute Gasteiger partial charge is 0.0683 e. The highest BCUT2D eigenvalue weighted by molar-refractivity contribution is 4.91. The fourth-order valence-corrected chi connectivity index (χ4v) is 1.02. The van der Waals surface area contributed by atoms with E-state index < -0.39 is 0 Å². The summed E-state index contributed by atoms with van der Waals surface area (Å²) in [5.41, 5.74) is 0.944. The molecule has 0 unspecified atom stereocenters. The van der Waals surface area contributed by atoms with E-state index in [0.717, 1.165) is 38.0 Å². The van der Waals surface area contributed by atoms with Crippen molar-refractivity contribution in [2.75, 3.05) is 13.2 Å². The van der Waals surface area contributed by atoms with E-state index >= 15 is 0 Å². The summed E-state index contributed by atoms with van der Waals surface area (Å²) in [6.45, 7) is 11.2. The second-order valence-electron chi connectivity index (χ2n) is 4.42. The highest BCUT2D eigenvalue weighted by atomic mass is 16.5. The maximum atomic E-state index is 8.77. The molecule has 80 valence electrons. The zero-order chi connectivity index (χ0) is 11.0. The molecule has 2 heteroatoms. The Kier molecular flexibility index (Phi) is 6.23. The van der Waals surface area contributed by atoms with Crippen molar-refractivity contribution >= 4 is 0 Å². The van der Waals surface area contributed by atoms with Gasteiger partial charge in [-0.1, -0.05) is 5.57 Å². The van der Waals surface area contributed by atoms with Gasteiger partial charge in [0, 0.05) is 6.61 Å². The van der Waals surface area contributed by atoms with E-state index in [1.54, 1.807) is 0 Å². The van der Waals surface area contributed by atoms with Crippen LogP contribution < -0.4 is 0 Å². The molecule has 0 spiro atoms. The van der Waals surface area contributed by atoms with Crippen LogP contribution in [0.2, 0.25) is 0 Å².